The maximum absolute atomic E-state index is 4.41. The number of aliphatic imine (C=N–C) groups is 1. The molecule has 0 heterocycles. The lowest BCUT2D eigenvalue weighted by Gasteiger charge is -2.33. The number of hydrogen-bond acceptors (Lipinski definition) is 2. The summed E-state index contributed by atoms with van der Waals surface area (Å²) < 4.78 is 0. The van der Waals surface area contributed by atoms with E-state index in [0.717, 1.165) is 23.0 Å². The van der Waals surface area contributed by atoms with E-state index in [1.165, 1.54) is 25.7 Å². The Hall–Kier alpha value is -1.61. The fourth-order valence-electron chi connectivity index (χ4n) is 2.99. The first-order valence-corrected chi connectivity index (χ1v) is 7.76. The van der Waals surface area contributed by atoms with Gasteiger partial charge in [-0.2, -0.15) is 0 Å². The number of rotatable bonds is 4. The lowest BCUT2D eigenvalue weighted by atomic mass is 9.90. The van der Waals surface area contributed by atoms with Gasteiger partial charge in [-0.3, -0.25) is 4.99 Å². The minimum absolute atomic E-state index is 0.514. The smallest absolute Gasteiger partial charge is 0.128 e. The number of nitrogens with zero attached hydrogens (tertiary/aromatic N) is 2. The third-order valence-electron chi connectivity index (χ3n) is 4.40. The number of benzene rings is 1. The fraction of sp³-hybridized carbons (Fsp3) is 0.500. The SMILES string of the molecule is C=C(C(=NC)NC1CCC(N(C)C)CC1)c1ccccc1. The van der Waals surface area contributed by atoms with Crippen LogP contribution in [0, 0.1) is 0 Å². The van der Waals surface area contributed by atoms with Crippen LogP contribution in [0.5, 0.6) is 0 Å². The van der Waals surface area contributed by atoms with E-state index in [-0.39, 0.29) is 0 Å². The lowest BCUT2D eigenvalue weighted by Crippen LogP contribution is -2.42. The molecule has 1 fully saturated rings. The van der Waals surface area contributed by atoms with E-state index in [2.05, 4.69) is 48.0 Å². The molecule has 0 aromatic heterocycles. The Morgan fingerprint density at radius 3 is 2.29 bits per heavy atom. The largest absolute Gasteiger partial charge is 0.367 e. The Kier molecular flexibility index (Phi) is 5.57. The second-order valence-corrected chi connectivity index (χ2v) is 6.03. The first-order valence-electron chi connectivity index (χ1n) is 7.76. The predicted octanol–water partition coefficient (Wildman–Crippen LogP) is 3.19. The molecule has 2 rings (SSSR count). The minimum Gasteiger partial charge on any atom is -0.367 e. The summed E-state index contributed by atoms with van der Waals surface area (Å²) in [5.41, 5.74) is 2.11. The summed E-state index contributed by atoms with van der Waals surface area (Å²) in [7, 11) is 6.19. The van der Waals surface area contributed by atoms with E-state index >= 15 is 0 Å². The molecule has 3 nitrogen and oxygen atoms in total. The van der Waals surface area contributed by atoms with Gasteiger partial charge in [-0.1, -0.05) is 36.9 Å². The number of amidine groups is 1. The highest BCUT2D eigenvalue weighted by molar-refractivity contribution is 6.21. The van der Waals surface area contributed by atoms with Crippen molar-refractivity contribution in [2.45, 2.75) is 37.8 Å². The maximum atomic E-state index is 4.41. The van der Waals surface area contributed by atoms with Crippen molar-refractivity contribution in [3.05, 3.63) is 42.5 Å². The summed E-state index contributed by atoms with van der Waals surface area (Å²) in [5.74, 6) is 0.925. The van der Waals surface area contributed by atoms with Crippen LogP contribution in [-0.4, -0.2) is 44.0 Å². The summed E-state index contributed by atoms with van der Waals surface area (Å²) in [5, 5.41) is 3.60. The zero-order valence-electron chi connectivity index (χ0n) is 13.5. The predicted molar refractivity (Wildman–Crippen MR) is 91.7 cm³/mol. The molecule has 0 amide bonds. The van der Waals surface area contributed by atoms with Crippen molar-refractivity contribution in [1.29, 1.82) is 0 Å². The van der Waals surface area contributed by atoms with Gasteiger partial charge in [0.25, 0.3) is 0 Å². The molecule has 1 aliphatic carbocycles. The Bertz CT molecular complexity index is 482. The molecule has 0 aliphatic heterocycles. The van der Waals surface area contributed by atoms with Gasteiger partial charge >= 0.3 is 0 Å². The first kappa shape index (κ1) is 15.8. The van der Waals surface area contributed by atoms with Gasteiger partial charge in [-0.05, 0) is 45.3 Å². The second-order valence-electron chi connectivity index (χ2n) is 6.03. The van der Waals surface area contributed by atoms with Gasteiger partial charge in [0.2, 0.25) is 0 Å². The Balaban J connectivity index is 1.94. The zero-order chi connectivity index (χ0) is 15.2. The molecule has 3 heteroatoms. The highest BCUT2D eigenvalue weighted by Crippen LogP contribution is 2.22. The third kappa shape index (κ3) is 4.18. The Morgan fingerprint density at radius 2 is 1.76 bits per heavy atom. The van der Waals surface area contributed by atoms with Crippen molar-refractivity contribution < 1.29 is 0 Å². The van der Waals surface area contributed by atoms with Crippen LogP contribution in [0.3, 0.4) is 0 Å². The van der Waals surface area contributed by atoms with Gasteiger partial charge in [0, 0.05) is 24.7 Å². The van der Waals surface area contributed by atoms with Gasteiger partial charge < -0.3 is 10.2 Å². The Morgan fingerprint density at radius 1 is 1.14 bits per heavy atom. The quantitative estimate of drug-likeness (QED) is 0.679. The maximum Gasteiger partial charge on any atom is 0.128 e. The minimum atomic E-state index is 0.514. The van der Waals surface area contributed by atoms with Gasteiger partial charge in [0.1, 0.15) is 5.84 Å². The van der Waals surface area contributed by atoms with Crippen LogP contribution in [0.2, 0.25) is 0 Å². The van der Waals surface area contributed by atoms with Crippen molar-refractivity contribution in [2.24, 2.45) is 4.99 Å². The van der Waals surface area contributed by atoms with Crippen LogP contribution in [-0.2, 0) is 0 Å². The molecular weight excluding hydrogens is 258 g/mol. The van der Waals surface area contributed by atoms with Crippen molar-refractivity contribution in [3.63, 3.8) is 0 Å². The van der Waals surface area contributed by atoms with E-state index in [1.807, 2.05) is 25.2 Å². The van der Waals surface area contributed by atoms with Crippen LogP contribution in [0.15, 0.2) is 41.9 Å². The zero-order valence-corrected chi connectivity index (χ0v) is 13.5. The molecule has 0 spiro atoms. The summed E-state index contributed by atoms with van der Waals surface area (Å²) >= 11 is 0. The van der Waals surface area contributed by atoms with E-state index < -0.39 is 0 Å². The molecule has 0 saturated heterocycles. The highest BCUT2D eigenvalue weighted by atomic mass is 15.1. The number of hydrogen-bond donors (Lipinski definition) is 1. The lowest BCUT2D eigenvalue weighted by molar-refractivity contribution is 0.212. The van der Waals surface area contributed by atoms with Gasteiger partial charge in [0.15, 0.2) is 0 Å². The van der Waals surface area contributed by atoms with Crippen molar-refractivity contribution in [2.75, 3.05) is 21.1 Å². The van der Waals surface area contributed by atoms with Crippen LogP contribution in [0.25, 0.3) is 5.57 Å². The molecular formula is C18H27N3. The van der Waals surface area contributed by atoms with Gasteiger partial charge in [0.05, 0.1) is 0 Å². The second kappa shape index (κ2) is 7.41. The molecule has 1 aromatic carbocycles. The van der Waals surface area contributed by atoms with Crippen molar-refractivity contribution >= 4 is 11.4 Å². The highest BCUT2D eigenvalue weighted by Gasteiger charge is 2.23. The third-order valence-corrected chi connectivity index (χ3v) is 4.40. The van der Waals surface area contributed by atoms with Crippen LogP contribution in [0.1, 0.15) is 31.2 Å². The summed E-state index contributed by atoms with van der Waals surface area (Å²) in [4.78, 5) is 6.75. The fourth-order valence-corrected chi connectivity index (χ4v) is 2.99. The van der Waals surface area contributed by atoms with Gasteiger partial charge in [-0.15, -0.1) is 0 Å². The number of nitrogens with one attached hydrogen (secondary N) is 1. The summed E-state index contributed by atoms with van der Waals surface area (Å²) in [6, 6.07) is 11.5. The molecule has 21 heavy (non-hydrogen) atoms. The molecule has 1 saturated carbocycles. The van der Waals surface area contributed by atoms with E-state index in [9.17, 15) is 0 Å². The van der Waals surface area contributed by atoms with E-state index in [0.29, 0.717) is 6.04 Å². The average Bonchev–Trinajstić information content (AvgIpc) is 2.53. The monoisotopic (exact) mass is 285 g/mol. The molecule has 0 atom stereocenters. The van der Waals surface area contributed by atoms with Crippen molar-refractivity contribution in [1.82, 2.24) is 10.2 Å². The topological polar surface area (TPSA) is 27.6 Å². The van der Waals surface area contributed by atoms with Crippen LogP contribution >= 0.6 is 0 Å². The summed E-state index contributed by atoms with van der Waals surface area (Å²) in [6.45, 7) is 4.20. The standard InChI is InChI=1S/C18H27N3/c1-14(15-8-6-5-7-9-15)18(19-2)20-16-10-12-17(13-11-16)21(3)4/h5-9,16-17H,1,10-13H2,2-4H3,(H,19,20). The Labute approximate surface area is 128 Å². The summed E-state index contributed by atoms with van der Waals surface area (Å²) in [6.07, 6.45) is 4.90. The normalized spacial score (nSPS) is 23.1. The first-order chi connectivity index (χ1) is 10.1. The molecule has 0 unspecified atom stereocenters. The van der Waals surface area contributed by atoms with Crippen molar-refractivity contribution in [3.8, 4) is 0 Å². The molecule has 0 radical (unpaired) electrons. The molecule has 1 N–H and O–H groups in total. The van der Waals surface area contributed by atoms with E-state index in [4.69, 9.17) is 0 Å². The van der Waals surface area contributed by atoms with Crippen LogP contribution in [0.4, 0.5) is 0 Å². The average molecular weight is 285 g/mol. The molecule has 1 aliphatic rings. The molecule has 1 aromatic rings. The van der Waals surface area contributed by atoms with Crippen LogP contribution < -0.4 is 5.32 Å². The van der Waals surface area contributed by atoms with Gasteiger partial charge in [-0.25, -0.2) is 0 Å². The van der Waals surface area contributed by atoms with E-state index in [1.54, 1.807) is 0 Å². The molecule has 114 valence electrons. The molecule has 0 bridgehead atoms.